The number of allylic oxidation sites excluding steroid dienone is 6. The van der Waals surface area contributed by atoms with Gasteiger partial charge in [0.25, 0.3) is 0 Å². The third-order valence-electron chi connectivity index (χ3n) is 8.29. The molecule has 0 saturated carbocycles. The lowest BCUT2D eigenvalue weighted by Gasteiger charge is -2.42. The second-order valence-corrected chi connectivity index (χ2v) is 10.8. The summed E-state index contributed by atoms with van der Waals surface area (Å²) in [5, 5.41) is 30.4. The van der Waals surface area contributed by atoms with Crippen LogP contribution < -0.4 is 10.4 Å². The molecule has 4 atom stereocenters. The first kappa shape index (κ1) is 25.5. The van der Waals surface area contributed by atoms with Crippen LogP contribution in [0.1, 0.15) is 31.2 Å². The molecule has 4 unspecified atom stereocenters. The zero-order valence-electron chi connectivity index (χ0n) is 20.8. The second kappa shape index (κ2) is 9.15. The summed E-state index contributed by atoms with van der Waals surface area (Å²) in [6.45, 7) is 1.57. The third-order valence-corrected chi connectivity index (χ3v) is 8.53. The third kappa shape index (κ3) is 3.84. The number of Topliss-reactive ketones (excluding diaryl/α,β-unsaturated/α-hetero) is 1. The average molecular weight is 544 g/mol. The fourth-order valence-corrected chi connectivity index (χ4v) is 6.73. The maximum atomic E-state index is 13.9. The maximum absolute atomic E-state index is 13.9. The molecule has 3 N–H and O–H groups in total. The van der Waals surface area contributed by atoms with Gasteiger partial charge in [0.15, 0.2) is 11.6 Å². The van der Waals surface area contributed by atoms with Gasteiger partial charge in [0, 0.05) is 33.2 Å². The molecule has 0 aromatic heterocycles. The number of imide groups is 1. The van der Waals surface area contributed by atoms with Gasteiger partial charge in [-0.2, -0.15) is 0 Å². The number of benzene rings is 2. The van der Waals surface area contributed by atoms with E-state index in [0.717, 1.165) is 4.90 Å². The van der Waals surface area contributed by atoms with Crippen LogP contribution in [-0.2, 0) is 19.2 Å². The number of aromatic hydroxyl groups is 1. The average Bonchev–Trinajstić information content (AvgIpc) is 3.17. The SMILES string of the molecule is CC1=CC(=O)C2=C(C1=O)C(c1cc(Cl)ccc1O)C1=CCC3C(=O)N(c4cccc(B(O)O)c4)C(=O)C3C1C2. The Hall–Kier alpha value is -3.79. The quantitative estimate of drug-likeness (QED) is 0.234. The zero-order chi connectivity index (χ0) is 27.7. The highest BCUT2D eigenvalue weighted by atomic mass is 35.5. The first-order valence-electron chi connectivity index (χ1n) is 12.6. The molecule has 0 spiro atoms. The normalized spacial score (nSPS) is 26.2. The van der Waals surface area contributed by atoms with E-state index in [0.29, 0.717) is 21.7 Å². The number of phenolic OH excluding ortho intramolecular Hbond substituents is 1. The van der Waals surface area contributed by atoms with E-state index >= 15 is 0 Å². The Balaban J connectivity index is 1.49. The molecule has 39 heavy (non-hydrogen) atoms. The van der Waals surface area contributed by atoms with Gasteiger partial charge in [0.1, 0.15) is 5.75 Å². The van der Waals surface area contributed by atoms with Gasteiger partial charge in [0.05, 0.1) is 17.5 Å². The topological polar surface area (TPSA) is 132 Å². The lowest BCUT2D eigenvalue weighted by Crippen LogP contribution is -2.40. The van der Waals surface area contributed by atoms with Gasteiger partial charge in [-0.3, -0.25) is 24.1 Å². The van der Waals surface area contributed by atoms with Gasteiger partial charge in [-0.1, -0.05) is 35.4 Å². The Morgan fingerprint density at radius 1 is 1.00 bits per heavy atom. The molecule has 1 heterocycles. The van der Waals surface area contributed by atoms with Gasteiger partial charge in [0.2, 0.25) is 11.8 Å². The van der Waals surface area contributed by atoms with E-state index in [2.05, 4.69) is 0 Å². The number of carbonyl (C=O) groups is 4. The summed E-state index contributed by atoms with van der Waals surface area (Å²) in [7, 11) is -1.77. The van der Waals surface area contributed by atoms with Crippen molar-refractivity contribution in [1.82, 2.24) is 0 Å². The fraction of sp³-hybridized carbons (Fsp3) is 0.241. The summed E-state index contributed by atoms with van der Waals surface area (Å²) >= 11 is 6.28. The monoisotopic (exact) mass is 543 g/mol. The van der Waals surface area contributed by atoms with Crippen LogP contribution in [0.3, 0.4) is 0 Å². The van der Waals surface area contributed by atoms with Crippen molar-refractivity contribution >= 4 is 53.3 Å². The van der Waals surface area contributed by atoms with Crippen molar-refractivity contribution in [1.29, 1.82) is 0 Å². The van der Waals surface area contributed by atoms with E-state index in [4.69, 9.17) is 11.6 Å². The number of fused-ring (bicyclic) bond motifs is 3. The van der Waals surface area contributed by atoms with E-state index in [-0.39, 0.29) is 52.5 Å². The molecule has 2 aromatic rings. The second-order valence-electron chi connectivity index (χ2n) is 10.4. The first-order chi connectivity index (χ1) is 18.6. The Kier molecular flexibility index (Phi) is 5.98. The minimum Gasteiger partial charge on any atom is -0.508 e. The minimum absolute atomic E-state index is 0.0952. The van der Waals surface area contributed by atoms with E-state index in [1.807, 2.05) is 6.08 Å². The first-order valence-corrected chi connectivity index (χ1v) is 13.0. The van der Waals surface area contributed by atoms with Gasteiger partial charge in [-0.15, -0.1) is 0 Å². The molecule has 2 aromatic carbocycles. The standard InChI is InChI=1S/C29H23BClNO7/c1-13-9-23(34)21-12-19-17(24(26(21)27(13)35)20-11-15(31)5-8-22(20)33)6-7-18-25(19)29(37)32(28(18)36)16-4-2-3-14(10-16)30(38)39/h2-6,8-11,18-19,24-25,33,38-39H,7,12H2,1H3. The summed E-state index contributed by atoms with van der Waals surface area (Å²) in [5.41, 5.74) is 2.28. The van der Waals surface area contributed by atoms with Crippen LogP contribution >= 0.6 is 11.6 Å². The molecule has 8 nitrogen and oxygen atoms in total. The predicted molar refractivity (Wildman–Crippen MR) is 143 cm³/mol. The van der Waals surface area contributed by atoms with Crippen LogP contribution in [0.5, 0.6) is 5.75 Å². The van der Waals surface area contributed by atoms with E-state index < -0.39 is 42.6 Å². The van der Waals surface area contributed by atoms with Crippen LogP contribution in [0.15, 0.2) is 76.9 Å². The molecular formula is C29H23BClNO7. The van der Waals surface area contributed by atoms with Crippen molar-refractivity contribution in [2.24, 2.45) is 17.8 Å². The van der Waals surface area contributed by atoms with Gasteiger partial charge < -0.3 is 15.2 Å². The largest absolute Gasteiger partial charge is 0.508 e. The van der Waals surface area contributed by atoms with E-state index in [9.17, 15) is 34.3 Å². The van der Waals surface area contributed by atoms with Crippen molar-refractivity contribution in [2.75, 3.05) is 4.90 Å². The van der Waals surface area contributed by atoms with Crippen LogP contribution in [0.4, 0.5) is 5.69 Å². The number of carbonyl (C=O) groups excluding carboxylic acids is 4. The number of ketones is 2. The molecule has 3 aliphatic carbocycles. The summed E-state index contributed by atoms with van der Waals surface area (Å²) < 4.78 is 0. The molecule has 4 aliphatic rings. The van der Waals surface area contributed by atoms with E-state index in [1.54, 1.807) is 19.1 Å². The van der Waals surface area contributed by atoms with Crippen molar-refractivity contribution in [2.45, 2.75) is 25.7 Å². The van der Waals surface area contributed by atoms with Gasteiger partial charge in [-0.05, 0) is 67.6 Å². The number of nitrogens with zero attached hydrogens (tertiary/aromatic N) is 1. The van der Waals surface area contributed by atoms with Crippen molar-refractivity contribution in [3.05, 3.63) is 87.5 Å². The smallest absolute Gasteiger partial charge is 0.488 e. The fourth-order valence-electron chi connectivity index (χ4n) is 6.55. The molecule has 10 heteroatoms. The molecule has 2 amide bonds. The lowest BCUT2D eigenvalue weighted by atomic mass is 9.59. The number of halogens is 1. The Bertz CT molecular complexity index is 1590. The minimum atomic E-state index is -1.77. The van der Waals surface area contributed by atoms with Crippen LogP contribution in [0, 0.1) is 17.8 Å². The number of hydrogen-bond acceptors (Lipinski definition) is 7. The highest BCUT2D eigenvalue weighted by Gasteiger charge is 2.56. The van der Waals surface area contributed by atoms with E-state index in [1.165, 1.54) is 36.4 Å². The van der Waals surface area contributed by atoms with Gasteiger partial charge in [-0.25, -0.2) is 0 Å². The molecule has 0 bridgehead atoms. The summed E-state index contributed by atoms with van der Waals surface area (Å²) in [5.74, 6) is -4.44. The number of phenols is 1. The number of amides is 2. The number of rotatable bonds is 3. The lowest BCUT2D eigenvalue weighted by molar-refractivity contribution is -0.123. The Labute approximate surface area is 229 Å². The molecular weight excluding hydrogens is 521 g/mol. The van der Waals surface area contributed by atoms with Gasteiger partial charge >= 0.3 is 7.12 Å². The highest BCUT2D eigenvalue weighted by molar-refractivity contribution is 6.58. The zero-order valence-corrected chi connectivity index (χ0v) is 21.6. The molecule has 6 rings (SSSR count). The van der Waals surface area contributed by atoms with Crippen LogP contribution in [0.25, 0.3) is 0 Å². The maximum Gasteiger partial charge on any atom is 0.488 e. The molecule has 1 aliphatic heterocycles. The molecule has 1 saturated heterocycles. The molecule has 0 radical (unpaired) electrons. The van der Waals surface area contributed by atoms with Crippen LogP contribution in [-0.4, -0.2) is 45.7 Å². The van der Waals surface area contributed by atoms with Crippen molar-refractivity contribution < 1.29 is 34.3 Å². The van der Waals surface area contributed by atoms with Crippen LogP contribution in [0.2, 0.25) is 5.02 Å². The predicted octanol–water partition coefficient (Wildman–Crippen LogP) is 2.36. The van der Waals surface area contributed by atoms with Crippen molar-refractivity contribution in [3.63, 3.8) is 0 Å². The molecule has 196 valence electrons. The summed E-state index contributed by atoms with van der Waals surface area (Å²) in [4.78, 5) is 55.2. The molecule has 1 fully saturated rings. The van der Waals surface area contributed by atoms with Crippen molar-refractivity contribution in [3.8, 4) is 5.75 Å². The highest BCUT2D eigenvalue weighted by Crippen LogP contribution is 2.56. The summed E-state index contributed by atoms with van der Waals surface area (Å²) in [6.07, 6.45) is 3.49. The Morgan fingerprint density at radius 2 is 1.77 bits per heavy atom. The number of hydrogen-bond donors (Lipinski definition) is 3. The Morgan fingerprint density at radius 3 is 2.51 bits per heavy atom. The summed E-state index contributed by atoms with van der Waals surface area (Å²) in [6, 6.07) is 10.5. The number of anilines is 1.